The number of piperidine rings is 1. The summed E-state index contributed by atoms with van der Waals surface area (Å²) in [6, 6.07) is 11.4. The first-order valence-electron chi connectivity index (χ1n) is 16.0. The topological polar surface area (TPSA) is 104 Å². The standard InChI is InChI=1S/C32H43N7O3S/c1-43(41,42)26-12-16-37(17-13-26)28-3-2-4-29-27(28)14-18-39(29)30-11-15-33-32(35-30)34-24-7-5-23(6-8-24)31(40)38-21-19-36(20-22-38)25-9-10-25/h2-4,11,14-15,18,23-26H,5-10,12-13,16-17,19-22H2,1H3,(H,33,34,35)/t23-,24-. The summed E-state index contributed by atoms with van der Waals surface area (Å²) in [5.41, 5.74) is 2.19. The second kappa shape index (κ2) is 11.7. The smallest absolute Gasteiger partial charge is 0.225 e. The molecule has 2 aliphatic heterocycles. The summed E-state index contributed by atoms with van der Waals surface area (Å²) < 4.78 is 26.1. The van der Waals surface area contributed by atoms with Crippen molar-refractivity contribution in [1.29, 1.82) is 0 Å². The minimum absolute atomic E-state index is 0.135. The maximum absolute atomic E-state index is 13.2. The Bertz CT molecular complexity index is 1560. The van der Waals surface area contributed by atoms with E-state index in [1.807, 2.05) is 12.3 Å². The van der Waals surface area contributed by atoms with Gasteiger partial charge in [-0.25, -0.2) is 13.4 Å². The molecule has 1 aromatic carbocycles. The highest BCUT2D eigenvalue weighted by Crippen LogP contribution is 2.33. The van der Waals surface area contributed by atoms with Gasteiger partial charge in [-0.05, 0) is 75.6 Å². The average molecular weight is 606 g/mol. The molecule has 0 spiro atoms. The fraction of sp³-hybridized carbons (Fsp3) is 0.594. The number of hydrogen-bond acceptors (Lipinski definition) is 8. The van der Waals surface area contributed by atoms with Crippen molar-refractivity contribution in [1.82, 2.24) is 24.3 Å². The van der Waals surface area contributed by atoms with Gasteiger partial charge in [-0.1, -0.05) is 6.07 Å². The second-order valence-electron chi connectivity index (χ2n) is 12.9. The molecular formula is C32H43N7O3S. The van der Waals surface area contributed by atoms with Gasteiger partial charge in [0.05, 0.1) is 10.8 Å². The number of aromatic nitrogens is 3. The van der Waals surface area contributed by atoms with Crippen LogP contribution in [0.2, 0.25) is 0 Å². The van der Waals surface area contributed by atoms with Gasteiger partial charge >= 0.3 is 0 Å². The lowest BCUT2D eigenvalue weighted by Crippen LogP contribution is -2.51. The molecule has 0 radical (unpaired) electrons. The van der Waals surface area contributed by atoms with Gasteiger partial charge in [0.1, 0.15) is 15.7 Å². The molecule has 10 nitrogen and oxygen atoms in total. The van der Waals surface area contributed by atoms with Gasteiger partial charge in [0.25, 0.3) is 0 Å². The first-order valence-corrected chi connectivity index (χ1v) is 18.0. The Labute approximate surface area is 254 Å². The quantitative estimate of drug-likeness (QED) is 0.435. The number of fused-ring (bicyclic) bond motifs is 1. The predicted octanol–water partition coefficient (Wildman–Crippen LogP) is 3.71. The molecule has 0 bridgehead atoms. The summed E-state index contributed by atoms with van der Waals surface area (Å²) in [4.78, 5) is 29.6. The first kappa shape index (κ1) is 28.6. The SMILES string of the molecule is CS(=O)(=O)C1CCN(c2cccc3c2ccn3-c2ccnc(N[C@H]3CC[C@H](C(=O)N4CCN(C5CC5)CC4)CC3)n2)CC1. The van der Waals surface area contributed by atoms with Crippen LogP contribution in [0.15, 0.2) is 42.7 Å². The van der Waals surface area contributed by atoms with Crippen molar-refractivity contribution in [3.8, 4) is 5.82 Å². The van der Waals surface area contributed by atoms with Gasteiger partial charge in [-0.2, -0.15) is 4.98 Å². The summed E-state index contributed by atoms with van der Waals surface area (Å²) in [6.45, 7) is 5.28. The number of nitrogens with zero attached hydrogens (tertiary/aromatic N) is 6. The third-order valence-corrected chi connectivity index (χ3v) is 11.8. The number of piperazine rings is 1. The third kappa shape index (κ3) is 6.11. The van der Waals surface area contributed by atoms with Crippen LogP contribution in [0, 0.1) is 5.92 Å². The Morgan fingerprint density at radius 2 is 1.63 bits per heavy atom. The molecule has 0 unspecified atom stereocenters. The van der Waals surface area contributed by atoms with Crippen molar-refractivity contribution in [2.24, 2.45) is 5.92 Å². The van der Waals surface area contributed by atoms with Crippen LogP contribution in [0.25, 0.3) is 16.7 Å². The normalized spacial score (nSPS) is 24.4. The van der Waals surface area contributed by atoms with E-state index >= 15 is 0 Å². The van der Waals surface area contributed by atoms with E-state index in [0.29, 0.717) is 24.7 Å². The maximum Gasteiger partial charge on any atom is 0.225 e. The van der Waals surface area contributed by atoms with E-state index in [2.05, 4.69) is 53.8 Å². The summed E-state index contributed by atoms with van der Waals surface area (Å²) in [7, 11) is -3.00. The monoisotopic (exact) mass is 605 g/mol. The van der Waals surface area contributed by atoms with Crippen LogP contribution in [0.3, 0.4) is 0 Å². The maximum atomic E-state index is 13.2. The van der Waals surface area contributed by atoms with Gasteiger partial charge in [-0.3, -0.25) is 9.69 Å². The molecular weight excluding hydrogens is 562 g/mol. The average Bonchev–Trinajstić information content (AvgIpc) is 3.79. The van der Waals surface area contributed by atoms with Crippen molar-refractivity contribution < 1.29 is 13.2 Å². The summed E-state index contributed by atoms with van der Waals surface area (Å²) in [6.07, 6.45) is 12.9. The molecule has 2 aliphatic carbocycles. The number of amides is 1. The zero-order chi connectivity index (χ0) is 29.6. The van der Waals surface area contributed by atoms with E-state index in [1.54, 1.807) is 6.20 Å². The zero-order valence-corrected chi connectivity index (χ0v) is 25.9. The number of rotatable bonds is 7. The molecule has 1 amide bonds. The molecule has 2 saturated carbocycles. The van der Waals surface area contributed by atoms with E-state index in [0.717, 1.165) is 93.4 Å². The molecule has 4 heterocycles. The van der Waals surface area contributed by atoms with Gasteiger partial charge in [0.15, 0.2) is 0 Å². The fourth-order valence-electron chi connectivity index (χ4n) is 7.38. The van der Waals surface area contributed by atoms with Crippen LogP contribution in [0.4, 0.5) is 11.6 Å². The number of nitrogens with one attached hydrogen (secondary N) is 1. The number of carbonyl (C=O) groups is 1. The molecule has 3 aromatic rings. The van der Waals surface area contributed by atoms with Gasteiger partial charge < -0.3 is 19.7 Å². The van der Waals surface area contributed by atoms with Crippen LogP contribution in [-0.4, -0.2) is 102 Å². The minimum atomic E-state index is -3.00. The highest BCUT2D eigenvalue weighted by molar-refractivity contribution is 7.91. The lowest BCUT2D eigenvalue weighted by molar-refractivity contribution is -0.138. The third-order valence-electron chi connectivity index (χ3n) is 10.1. The van der Waals surface area contributed by atoms with E-state index < -0.39 is 9.84 Å². The van der Waals surface area contributed by atoms with E-state index in [1.165, 1.54) is 19.1 Å². The number of sulfone groups is 1. The molecule has 230 valence electrons. The molecule has 4 fully saturated rings. The molecule has 0 atom stereocenters. The lowest BCUT2D eigenvalue weighted by atomic mass is 9.85. The fourth-order valence-corrected chi connectivity index (χ4v) is 8.44. The van der Waals surface area contributed by atoms with Crippen LogP contribution in [0.5, 0.6) is 0 Å². The van der Waals surface area contributed by atoms with E-state index in [4.69, 9.17) is 4.98 Å². The van der Waals surface area contributed by atoms with Crippen molar-refractivity contribution in [3.05, 3.63) is 42.7 Å². The molecule has 1 N–H and O–H groups in total. The number of anilines is 2. The van der Waals surface area contributed by atoms with Crippen molar-refractivity contribution in [2.75, 3.05) is 55.7 Å². The highest BCUT2D eigenvalue weighted by atomic mass is 32.2. The molecule has 43 heavy (non-hydrogen) atoms. The van der Waals surface area contributed by atoms with Crippen LogP contribution >= 0.6 is 0 Å². The molecule has 2 saturated heterocycles. The van der Waals surface area contributed by atoms with E-state index in [-0.39, 0.29) is 17.2 Å². The van der Waals surface area contributed by atoms with E-state index in [9.17, 15) is 13.2 Å². The summed E-state index contributed by atoms with van der Waals surface area (Å²) in [5.74, 6) is 1.90. The molecule has 11 heteroatoms. The Kier molecular flexibility index (Phi) is 7.79. The first-order chi connectivity index (χ1) is 20.8. The lowest BCUT2D eigenvalue weighted by Gasteiger charge is -2.38. The Morgan fingerprint density at radius 1 is 0.884 bits per heavy atom. The molecule has 7 rings (SSSR count). The Hall–Kier alpha value is -3.18. The van der Waals surface area contributed by atoms with Crippen LogP contribution in [-0.2, 0) is 14.6 Å². The predicted molar refractivity (Wildman–Crippen MR) is 169 cm³/mol. The Morgan fingerprint density at radius 3 is 2.33 bits per heavy atom. The Balaban J connectivity index is 0.974. The van der Waals surface area contributed by atoms with Crippen molar-refractivity contribution in [2.45, 2.75) is 68.7 Å². The number of carbonyl (C=O) groups excluding carboxylic acids is 1. The van der Waals surface area contributed by atoms with Gasteiger partial charge in [-0.15, -0.1) is 0 Å². The van der Waals surface area contributed by atoms with Gasteiger partial charge in [0.2, 0.25) is 11.9 Å². The minimum Gasteiger partial charge on any atom is -0.371 e. The van der Waals surface area contributed by atoms with Crippen LogP contribution < -0.4 is 10.2 Å². The number of benzene rings is 1. The largest absolute Gasteiger partial charge is 0.371 e. The van der Waals surface area contributed by atoms with Crippen molar-refractivity contribution in [3.63, 3.8) is 0 Å². The van der Waals surface area contributed by atoms with Crippen molar-refractivity contribution >= 4 is 38.3 Å². The summed E-state index contributed by atoms with van der Waals surface area (Å²) in [5, 5.41) is 4.43. The molecule has 4 aliphatic rings. The van der Waals surface area contributed by atoms with Gasteiger partial charge in [0, 0.05) is 87.0 Å². The second-order valence-corrected chi connectivity index (χ2v) is 15.3. The highest BCUT2D eigenvalue weighted by Gasteiger charge is 2.35. The summed E-state index contributed by atoms with van der Waals surface area (Å²) >= 11 is 0. The van der Waals surface area contributed by atoms with Crippen LogP contribution in [0.1, 0.15) is 51.4 Å². The zero-order valence-electron chi connectivity index (χ0n) is 25.1. The number of hydrogen-bond donors (Lipinski definition) is 1. The molecule has 2 aromatic heterocycles.